The van der Waals surface area contributed by atoms with Crippen LogP contribution in [0.5, 0.6) is 0 Å². The predicted molar refractivity (Wildman–Crippen MR) is 44.9 cm³/mol. The largest absolute Gasteiger partial charge is 0.386 e. The van der Waals surface area contributed by atoms with Crippen molar-refractivity contribution in [1.29, 1.82) is 0 Å². The van der Waals surface area contributed by atoms with Gasteiger partial charge in [-0.25, -0.2) is 0 Å². The fraction of sp³-hybridized carbons (Fsp3) is 0.778. The minimum absolute atomic E-state index is 0.296. The van der Waals surface area contributed by atoms with Gasteiger partial charge in [0, 0.05) is 0 Å². The van der Waals surface area contributed by atoms with E-state index in [-0.39, 0.29) is 0 Å². The molecule has 0 aromatic rings. The molecular formula is C9H18O. The highest BCUT2D eigenvalue weighted by Crippen LogP contribution is 2.25. The summed E-state index contributed by atoms with van der Waals surface area (Å²) < 4.78 is 0. The summed E-state index contributed by atoms with van der Waals surface area (Å²) in [6.45, 7) is 11.5. The summed E-state index contributed by atoms with van der Waals surface area (Å²) in [6, 6.07) is 0. The van der Waals surface area contributed by atoms with Crippen LogP contribution in [-0.2, 0) is 0 Å². The van der Waals surface area contributed by atoms with E-state index in [0.29, 0.717) is 5.92 Å². The van der Waals surface area contributed by atoms with Gasteiger partial charge in [-0.05, 0) is 25.3 Å². The number of hydrogen-bond donors (Lipinski definition) is 1. The van der Waals surface area contributed by atoms with Crippen molar-refractivity contribution in [1.82, 2.24) is 0 Å². The minimum Gasteiger partial charge on any atom is -0.386 e. The van der Waals surface area contributed by atoms with E-state index < -0.39 is 5.60 Å². The maximum absolute atomic E-state index is 9.76. The lowest BCUT2D eigenvalue weighted by atomic mass is 9.84. The molecule has 2 atom stereocenters. The highest BCUT2D eigenvalue weighted by Gasteiger charge is 2.27. The van der Waals surface area contributed by atoms with Crippen molar-refractivity contribution < 1.29 is 5.11 Å². The van der Waals surface area contributed by atoms with Crippen molar-refractivity contribution in [3.8, 4) is 0 Å². The van der Waals surface area contributed by atoms with Crippen LogP contribution in [-0.4, -0.2) is 10.7 Å². The van der Waals surface area contributed by atoms with Crippen molar-refractivity contribution in [2.24, 2.45) is 5.92 Å². The first-order chi connectivity index (χ1) is 4.42. The van der Waals surface area contributed by atoms with Gasteiger partial charge in [0.15, 0.2) is 0 Å². The molecule has 0 fully saturated rings. The van der Waals surface area contributed by atoms with E-state index in [1.54, 1.807) is 0 Å². The molecule has 0 aliphatic carbocycles. The smallest absolute Gasteiger partial charge is 0.0848 e. The van der Waals surface area contributed by atoms with Crippen LogP contribution in [0.2, 0.25) is 0 Å². The van der Waals surface area contributed by atoms with Crippen LogP contribution < -0.4 is 0 Å². The zero-order valence-corrected chi connectivity index (χ0v) is 7.44. The molecule has 0 heterocycles. The van der Waals surface area contributed by atoms with E-state index >= 15 is 0 Å². The second-order valence-corrected chi connectivity index (χ2v) is 3.24. The van der Waals surface area contributed by atoms with Crippen LogP contribution in [0.25, 0.3) is 0 Å². The maximum Gasteiger partial charge on any atom is 0.0848 e. The van der Waals surface area contributed by atoms with Crippen LogP contribution in [0.3, 0.4) is 0 Å². The van der Waals surface area contributed by atoms with Crippen LogP contribution in [0.1, 0.15) is 34.1 Å². The molecule has 1 nitrogen and oxygen atoms in total. The summed E-state index contributed by atoms with van der Waals surface area (Å²) in [4.78, 5) is 0. The molecule has 2 unspecified atom stereocenters. The Morgan fingerprint density at radius 3 is 2.20 bits per heavy atom. The third kappa shape index (κ3) is 1.84. The molecule has 60 valence electrons. The Kier molecular flexibility index (Phi) is 3.10. The fourth-order valence-electron chi connectivity index (χ4n) is 0.818. The molecule has 1 N–H and O–H groups in total. The summed E-state index contributed by atoms with van der Waals surface area (Å²) in [5.74, 6) is 0.296. The van der Waals surface area contributed by atoms with Gasteiger partial charge in [0.25, 0.3) is 0 Å². The second kappa shape index (κ2) is 3.20. The van der Waals surface area contributed by atoms with Gasteiger partial charge in [0.1, 0.15) is 0 Å². The lowest BCUT2D eigenvalue weighted by molar-refractivity contribution is 0.0413. The Balaban J connectivity index is 4.23. The van der Waals surface area contributed by atoms with Crippen LogP contribution in [0, 0.1) is 5.92 Å². The zero-order chi connectivity index (χ0) is 8.36. The normalized spacial score (nSPS) is 19.7. The van der Waals surface area contributed by atoms with Crippen LogP contribution in [0.15, 0.2) is 12.2 Å². The van der Waals surface area contributed by atoms with Gasteiger partial charge in [-0.15, -0.1) is 0 Å². The summed E-state index contributed by atoms with van der Waals surface area (Å²) in [6.07, 6.45) is 0.986. The molecule has 0 aliphatic heterocycles. The number of rotatable bonds is 3. The molecule has 0 radical (unpaired) electrons. The highest BCUT2D eigenvalue weighted by atomic mass is 16.3. The molecule has 0 spiro atoms. The maximum atomic E-state index is 9.76. The van der Waals surface area contributed by atoms with Crippen LogP contribution in [0.4, 0.5) is 0 Å². The average molecular weight is 142 g/mol. The van der Waals surface area contributed by atoms with Gasteiger partial charge in [-0.1, -0.05) is 26.8 Å². The highest BCUT2D eigenvalue weighted by molar-refractivity contribution is 5.08. The molecule has 0 aromatic carbocycles. The quantitative estimate of drug-likeness (QED) is 0.600. The Morgan fingerprint density at radius 1 is 1.70 bits per heavy atom. The van der Waals surface area contributed by atoms with E-state index in [1.807, 2.05) is 20.8 Å². The SMILES string of the molecule is C=C(C)C(C)(O)C(C)CC. The van der Waals surface area contributed by atoms with Crippen LogP contribution >= 0.6 is 0 Å². The van der Waals surface area contributed by atoms with Gasteiger partial charge in [-0.3, -0.25) is 0 Å². The van der Waals surface area contributed by atoms with Crippen molar-refractivity contribution in [3.63, 3.8) is 0 Å². The zero-order valence-electron chi connectivity index (χ0n) is 7.44. The molecule has 0 bridgehead atoms. The molecule has 0 rings (SSSR count). The molecule has 0 aromatic heterocycles. The molecule has 10 heavy (non-hydrogen) atoms. The molecule has 0 amide bonds. The minimum atomic E-state index is -0.686. The van der Waals surface area contributed by atoms with Gasteiger partial charge in [0.05, 0.1) is 5.60 Å². The van der Waals surface area contributed by atoms with Crippen molar-refractivity contribution in [2.45, 2.75) is 39.7 Å². The van der Waals surface area contributed by atoms with E-state index in [0.717, 1.165) is 12.0 Å². The number of hydrogen-bond acceptors (Lipinski definition) is 1. The third-order valence-corrected chi connectivity index (χ3v) is 2.44. The molecular weight excluding hydrogens is 124 g/mol. The van der Waals surface area contributed by atoms with Gasteiger partial charge in [0.2, 0.25) is 0 Å². The summed E-state index contributed by atoms with van der Waals surface area (Å²) in [7, 11) is 0. The molecule has 1 heteroatoms. The monoisotopic (exact) mass is 142 g/mol. The first kappa shape index (κ1) is 9.70. The van der Waals surface area contributed by atoms with Gasteiger partial charge in [-0.2, -0.15) is 0 Å². The first-order valence-corrected chi connectivity index (χ1v) is 3.81. The molecule has 0 saturated heterocycles. The van der Waals surface area contributed by atoms with Gasteiger partial charge < -0.3 is 5.11 Å². The fourth-order valence-corrected chi connectivity index (χ4v) is 0.818. The average Bonchev–Trinajstić information content (AvgIpc) is 1.86. The van der Waals surface area contributed by atoms with Crippen molar-refractivity contribution in [2.75, 3.05) is 0 Å². The Labute approximate surface area is 63.8 Å². The summed E-state index contributed by atoms with van der Waals surface area (Å²) >= 11 is 0. The predicted octanol–water partition coefficient (Wildman–Crippen LogP) is 2.36. The number of aliphatic hydroxyl groups is 1. The van der Waals surface area contributed by atoms with Gasteiger partial charge >= 0.3 is 0 Å². The Morgan fingerprint density at radius 2 is 2.10 bits per heavy atom. The third-order valence-electron chi connectivity index (χ3n) is 2.44. The molecule has 0 aliphatic rings. The van der Waals surface area contributed by atoms with E-state index in [9.17, 15) is 5.11 Å². The lowest BCUT2D eigenvalue weighted by Gasteiger charge is -2.29. The standard InChI is InChI=1S/C9H18O/c1-6-8(4)9(5,10)7(2)3/h8,10H,2,6H2,1,3-5H3. The first-order valence-electron chi connectivity index (χ1n) is 3.81. The Bertz CT molecular complexity index is 125. The van der Waals surface area contributed by atoms with E-state index in [1.165, 1.54) is 0 Å². The lowest BCUT2D eigenvalue weighted by Crippen LogP contribution is -2.33. The van der Waals surface area contributed by atoms with E-state index in [2.05, 4.69) is 13.5 Å². The van der Waals surface area contributed by atoms with Crippen molar-refractivity contribution >= 4 is 0 Å². The summed E-state index contributed by atoms with van der Waals surface area (Å²) in [5, 5.41) is 9.76. The summed E-state index contributed by atoms with van der Waals surface area (Å²) in [5.41, 5.74) is 0.163. The molecule has 0 saturated carbocycles. The topological polar surface area (TPSA) is 20.2 Å². The Hall–Kier alpha value is -0.300. The second-order valence-electron chi connectivity index (χ2n) is 3.24. The van der Waals surface area contributed by atoms with E-state index in [4.69, 9.17) is 0 Å². The van der Waals surface area contributed by atoms with Crippen molar-refractivity contribution in [3.05, 3.63) is 12.2 Å².